The quantitative estimate of drug-likeness (QED) is 0.812. The fraction of sp³-hybridized carbons (Fsp3) is 0.455. The summed E-state index contributed by atoms with van der Waals surface area (Å²) in [4.78, 5) is 0. The van der Waals surface area contributed by atoms with Crippen molar-refractivity contribution in [2.24, 2.45) is 0 Å². The lowest BCUT2D eigenvalue weighted by molar-refractivity contribution is 0.105. The molecule has 0 amide bonds. The first kappa shape index (κ1) is 10.4. The first-order chi connectivity index (χ1) is 7.09. The molecule has 0 radical (unpaired) electrons. The molecule has 0 aromatic heterocycles. The summed E-state index contributed by atoms with van der Waals surface area (Å²) < 4.78 is 31.5. The molecule has 0 saturated carbocycles. The van der Waals surface area contributed by atoms with Crippen LogP contribution in [0.4, 0.5) is 8.78 Å². The lowest BCUT2D eigenvalue weighted by atomic mass is 10.1. The van der Waals surface area contributed by atoms with Gasteiger partial charge in [-0.3, -0.25) is 0 Å². The van der Waals surface area contributed by atoms with E-state index in [2.05, 4.69) is 5.32 Å². The lowest BCUT2D eigenvalue weighted by Crippen LogP contribution is -2.34. The van der Waals surface area contributed by atoms with Gasteiger partial charge in [-0.1, -0.05) is 0 Å². The van der Waals surface area contributed by atoms with Crippen molar-refractivity contribution in [2.45, 2.75) is 18.9 Å². The summed E-state index contributed by atoms with van der Waals surface area (Å²) >= 11 is 0. The van der Waals surface area contributed by atoms with E-state index in [1.165, 1.54) is 12.1 Å². The lowest BCUT2D eigenvalue weighted by Gasteiger charge is -2.24. The number of hydrogen-bond acceptors (Lipinski definition) is 2. The van der Waals surface area contributed by atoms with Crippen LogP contribution in [0.3, 0.4) is 0 Å². The highest BCUT2D eigenvalue weighted by Gasteiger charge is 2.31. The zero-order valence-electron chi connectivity index (χ0n) is 8.52. The van der Waals surface area contributed by atoms with E-state index in [0.717, 1.165) is 19.0 Å². The van der Waals surface area contributed by atoms with Gasteiger partial charge in [-0.2, -0.15) is 0 Å². The maximum atomic E-state index is 13.3. The van der Waals surface area contributed by atoms with Gasteiger partial charge in [0.25, 0.3) is 0 Å². The van der Waals surface area contributed by atoms with Gasteiger partial charge in [0.05, 0.1) is 0 Å². The van der Waals surface area contributed by atoms with E-state index in [0.29, 0.717) is 6.54 Å². The van der Waals surface area contributed by atoms with E-state index in [-0.39, 0.29) is 5.75 Å². The molecule has 1 heterocycles. The summed E-state index contributed by atoms with van der Waals surface area (Å²) in [5, 5.41) is 3.14. The highest BCUT2D eigenvalue weighted by atomic mass is 19.1. The molecule has 82 valence electrons. The minimum absolute atomic E-state index is 0.114. The van der Waals surface area contributed by atoms with Crippen LogP contribution in [0, 0.1) is 11.6 Å². The van der Waals surface area contributed by atoms with Crippen LogP contribution >= 0.6 is 0 Å². The third-order valence-corrected chi connectivity index (χ3v) is 2.58. The number of rotatable bonds is 2. The van der Waals surface area contributed by atoms with Crippen molar-refractivity contribution in [3.63, 3.8) is 0 Å². The smallest absolute Gasteiger partial charge is 0.168 e. The van der Waals surface area contributed by atoms with E-state index >= 15 is 0 Å². The average molecular weight is 213 g/mol. The second kappa shape index (κ2) is 3.77. The van der Waals surface area contributed by atoms with Gasteiger partial charge in [-0.25, -0.2) is 8.78 Å². The van der Waals surface area contributed by atoms with Crippen LogP contribution in [-0.2, 0) is 0 Å². The Bertz CT molecular complexity index is 362. The van der Waals surface area contributed by atoms with Gasteiger partial charge in [-0.05, 0) is 25.6 Å². The summed E-state index contributed by atoms with van der Waals surface area (Å²) in [5.41, 5.74) is -0.390. The fourth-order valence-electron chi connectivity index (χ4n) is 1.70. The highest BCUT2D eigenvalue weighted by Crippen LogP contribution is 2.26. The number of hydrogen-bond donors (Lipinski definition) is 1. The molecule has 1 fully saturated rings. The SMILES string of the molecule is CC1(Oc2ccc(F)cc2F)CCNC1. The second-order valence-electron chi connectivity index (χ2n) is 4.05. The normalized spacial score (nSPS) is 25.5. The summed E-state index contributed by atoms with van der Waals surface area (Å²) in [6.45, 7) is 3.46. The van der Waals surface area contributed by atoms with Crippen molar-refractivity contribution < 1.29 is 13.5 Å². The third kappa shape index (κ3) is 2.26. The predicted octanol–water partition coefficient (Wildman–Crippen LogP) is 2.10. The summed E-state index contributed by atoms with van der Waals surface area (Å²) in [7, 11) is 0. The molecule has 0 bridgehead atoms. The van der Waals surface area contributed by atoms with Gasteiger partial charge in [0.15, 0.2) is 11.6 Å². The molecule has 2 nitrogen and oxygen atoms in total. The first-order valence-corrected chi connectivity index (χ1v) is 4.94. The zero-order valence-corrected chi connectivity index (χ0v) is 8.52. The maximum Gasteiger partial charge on any atom is 0.168 e. The zero-order chi connectivity index (χ0) is 10.9. The molecule has 1 unspecified atom stereocenters. The van der Waals surface area contributed by atoms with Gasteiger partial charge in [-0.15, -0.1) is 0 Å². The third-order valence-electron chi connectivity index (χ3n) is 2.58. The van der Waals surface area contributed by atoms with E-state index in [1.807, 2.05) is 6.92 Å². The van der Waals surface area contributed by atoms with Crippen LogP contribution < -0.4 is 10.1 Å². The Labute approximate surface area is 87.2 Å². The van der Waals surface area contributed by atoms with E-state index in [1.54, 1.807) is 0 Å². The van der Waals surface area contributed by atoms with Crippen molar-refractivity contribution in [3.05, 3.63) is 29.8 Å². The van der Waals surface area contributed by atoms with Crippen molar-refractivity contribution >= 4 is 0 Å². The Balaban J connectivity index is 2.16. The highest BCUT2D eigenvalue weighted by molar-refractivity contribution is 5.25. The molecule has 1 N–H and O–H groups in total. The molecule has 1 aromatic carbocycles. The largest absolute Gasteiger partial charge is 0.483 e. The Morgan fingerprint density at radius 1 is 1.40 bits per heavy atom. The van der Waals surface area contributed by atoms with Crippen LogP contribution in [0.5, 0.6) is 5.75 Å². The van der Waals surface area contributed by atoms with Crippen molar-refractivity contribution in [1.82, 2.24) is 5.32 Å². The molecule has 1 aliphatic heterocycles. The molecule has 1 aliphatic rings. The molecule has 15 heavy (non-hydrogen) atoms. The Hall–Kier alpha value is -1.16. The van der Waals surface area contributed by atoms with Crippen LogP contribution in [0.25, 0.3) is 0 Å². The summed E-state index contributed by atoms with van der Waals surface area (Å²) in [5.74, 6) is -1.12. The van der Waals surface area contributed by atoms with E-state index in [9.17, 15) is 8.78 Å². The molecule has 4 heteroatoms. The second-order valence-corrected chi connectivity index (χ2v) is 4.05. The van der Waals surface area contributed by atoms with Gasteiger partial charge in [0.1, 0.15) is 11.4 Å². The van der Waals surface area contributed by atoms with Crippen molar-refractivity contribution in [3.8, 4) is 5.75 Å². The van der Waals surface area contributed by atoms with Crippen LogP contribution in [0.1, 0.15) is 13.3 Å². The number of benzene rings is 1. The van der Waals surface area contributed by atoms with Crippen molar-refractivity contribution in [2.75, 3.05) is 13.1 Å². The molecule has 0 spiro atoms. The molecule has 1 atom stereocenters. The van der Waals surface area contributed by atoms with Crippen LogP contribution in [0.2, 0.25) is 0 Å². The fourth-order valence-corrected chi connectivity index (χ4v) is 1.70. The molecule has 1 aromatic rings. The number of nitrogens with one attached hydrogen (secondary N) is 1. The molecule has 1 saturated heterocycles. The van der Waals surface area contributed by atoms with Crippen LogP contribution in [-0.4, -0.2) is 18.7 Å². The molecule has 0 aliphatic carbocycles. The monoisotopic (exact) mass is 213 g/mol. The predicted molar refractivity (Wildman–Crippen MR) is 52.9 cm³/mol. The summed E-state index contributed by atoms with van der Waals surface area (Å²) in [6, 6.07) is 3.36. The minimum atomic E-state index is -0.650. The van der Waals surface area contributed by atoms with Crippen molar-refractivity contribution in [1.29, 1.82) is 0 Å². The maximum absolute atomic E-state index is 13.3. The Morgan fingerprint density at radius 3 is 2.80 bits per heavy atom. The van der Waals surface area contributed by atoms with Gasteiger partial charge >= 0.3 is 0 Å². The standard InChI is InChI=1S/C11H13F2NO/c1-11(4-5-14-7-11)15-10-3-2-8(12)6-9(10)13/h2-3,6,14H,4-5,7H2,1H3. The molecule has 2 rings (SSSR count). The van der Waals surface area contributed by atoms with Gasteiger partial charge < -0.3 is 10.1 Å². The average Bonchev–Trinajstić information content (AvgIpc) is 2.58. The van der Waals surface area contributed by atoms with Crippen LogP contribution in [0.15, 0.2) is 18.2 Å². The molecular formula is C11H13F2NO. The minimum Gasteiger partial charge on any atom is -0.483 e. The van der Waals surface area contributed by atoms with E-state index in [4.69, 9.17) is 4.74 Å². The van der Waals surface area contributed by atoms with E-state index < -0.39 is 17.2 Å². The topological polar surface area (TPSA) is 21.3 Å². The Morgan fingerprint density at radius 2 is 2.20 bits per heavy atom. The number of ether oxygens (including phenoxy) is 1. The molecular weight excluding hydrogens is 200 g/mol. The summed E-state index contributed by atoms with van der Waals surface area (Å²) in [6.07, 6.45) is 0.823. The van der Waals surface area contributed by atoms with Gasteiger partial charge in [0, 0.05) is 19.0 Å². The van der Waals surface area contributed by atoms with Gasteiger partial charge in [0.2, 0.25) is 0 Å². The Kier molecular flexibility index (Phi) is 2.61. The number of halogens is 2. The first-order valence-electron chi connectivity index (χ1n) is 4.94.